The van der Waals surface area contributed by atoms with Crippen molar-refractivity contribution in [2.45, 2.75) is 297 Å². The van der Waals surface area contributed by atoms with Gasteiger partial charge in [0, 0.05) is 78.2 Å². The molecule has 0 bridgehead atoms. The van der Waals surface area contributed by atoms with Crippen molar-refractivity contribution in [3.63, 3.8) is 0 Å². The van der Waals surface area contributed by atoms with Crippen LogP contribution in [0.15, 0.2) is 157 Å². The molecule has 6 aromatic rings. The molecule has 3 heterocycles. The van der Waals surface area contributed by atoms with Crippen molar-refractivity contribution < 1.29 is 46.1 Å². The number of nitrogens with zero attached hydrogens (tertiary/aromatic N) is 3. The minimum atomic E-state index is -4.24. The van der Waals surface area contributed by atoms with Crippen molar-refractivity contribution in [3.05, 3.63) is 174 Å². The Morgan fingerprint density at radius 1 is 0.398 bits per heavy atom. The largest absolute Gasteiger partial charge is 1.00 e. The highest BCUT2D eigenvalue weighted by Crippen LogP contribution is 2.51. The summed E-state index contributed by atoms with van der Waals surface area (Å²) in [7, 11) is -4.24. The first-order valence-electron chi connectivity index (χ1n) is 39.3. The molecular weight excluding hydrogens is 1330 g/mol. The van der Waals surface area contributed by atoms with Crippen LogP contribution in [0.25, 0.3) is 32.3 Å². The maximum atomic E-state index is 11.3. The molecule has 534 valence electrons. The molecule has 6 nitrogen and oxygen atoms in total. The number of rotatable bonds is 43. The Kier molecular flexibility index (Phi) is 33.6. The molecule has 0 saturated carbocycles. The molecular formula is C90H128IN3O3S. The molecule has 3 aliphatic heterocycles. The standard InChI is InChI=1S/C57H76N2O3S.C33H52N.HI/c1-6-7-8-9-10-11-12-13-14-15-16-17-18-19-23-30-43-58-50-41-39-46-33-26-28-35-48(46)54(50)56(2,3)52(58)37-24-21-20-22-25-38-53-57(4,5)55-49-36-29-27-34-47(49)40-42-51(55)59(53)44-31-32-45-63(60,61)62;1-5-6-7-8-9-10-11-12-13-14-15-16-17-18-19-22-27-34-28(2)33(3,4)32-30-24-21-20-23-29(30)25-26-31(32)34;/h20-22,24-29,33-42H,6-19,23,30-32,43-45H2,1-5H3;20-21,23-26H,5-19,22,27H2,1-4H3;1H/q;+1;/p-1. The van der Waals surface area contributed by atoms with Gasteiger partial charge in [-0.05, 0) is 116 Å². The molecule has 3 aliphatic rings. The maximum absolute atomic E-state index is 11.3. The number of allylic oxidation sites excluding steroid dienone is 8. The third-order valence-corrected chi connectivity index (χ3v) is 22.9. The second kappa shape index (κ2) is 41.1. The lowest BCUT2D eigenvalue weighted by atomic mass is 9.79. The molecule has 0 atom stereocenters. The quantitative estimate of drug-likeness (QED) is 0.0126. The minimum Gasteiger partial charge on any atom is -1.00 e. The van der Waals surface area contributed by atoms with E-state index in [1.807, 2.05) is 0 Å². The van der Waals surface area contributed by atoms with Crippen LogP contribution in [0.4, 0.5) is 17.1 Å². The Hall–Kier alpha value is -5.16. The summed E-state index contributed by atoms with van der Waals surface area (Å²) in [6.07, 6.45) is 61.0. The van der Waals surface area contributed by atoms with Gasteiger partial charge in [0.25, 0.3) is 0 Å². The lowest BCUT2D eigenvalue weighted by molar-refractivity contribution is -0.439. The number of unbranched alkanes of at least 4 members (excludes halogenated alkanes) is 31. The first-order chi connectivity index (χ1) is 47.0. The molecule has 98 heavy (non-hydrogen) atoms. The summed E-state index contributed by atoms with van der Waals surface area (Å²) in [5, 5.41) is 7.88. The zero-order chi connectivity index (χ0) is 68.9. The molecule has 0 radical (unpaired) electrons. The topological polar surface area (TPSA) is 66.5 Å². The average molecular weight is 1460 g/mol. The lowest BCUT2D eigenvalue weighted by Gasteiger charge is -2.27. The van der Waals surface area contributed by atoms with E-state index in [9.17, 15) is 13.0 Å². The lowest BCUT2D eigenvalue weighted by Crippen LogP contribution is -3.00. The van der Waals surface area contributed by atoms with Crippen molar-refractivity contribution in [2.75, 3.05) is 30.3 Å². The predicted octanol–water partition coefficient (Wildman–Crippen LogP) is 22.8. The second-order valence-electron chi connectivity index (χ2n) is 30.6. The fourth-order valence-electron chi connectivity index (χ4n) is 16.4. The molecule has 8 heteroatoms. The van der Waals surface area contributed by atoms with Gasteiger partial charge >= 0.3 is 0 Å². The first-order valence-corrected chi connectivity index (χ1v) is 40.9. The van der Waals surface area contributed by atoms with Crippen LogP contribution >= 0.6 is 0 Å². The van der Waals surface area contributed by atoms with Crippen LogP contribution in [0, 0.1) is 0 Å². The summed E-state index contributed by atoms with van der Waals surface area (Å²) in [5.74, 6) is -0.331. The van der Waals surface area contributed by atoms with E-state index in [2.05, 4.69) is 228 Å². The van der Waals surface area contributed by atoms with Gasteiger partial charge < -0.3 is 33.4 Å². The van der Waals surface area contributed by atoms with E-state index in [0.29, 0.717) is 19.4 Å². The van der Waals surface area contributed by atoms with Gasteiger partial charge in [0.2, 0.25) is 11.4 Å². The van der Waals surface area contributed by atoms with Crippen LogP contribution < -0.4 is 28.9 Å². The fraction of sp³-hybridized carbons (Fsp3) is 0.556. The molecule has 0 spiro atoms. The molecule has 0 amide bonds. The molecule has 0 aliphatic carbocycles. The highest BCUT2D eigenvalue weighted by Gasteiger charge is 2.46. The molecule has 0 unspecified atom stereocenters. The van der Waals surface area contributed by atoms with E-state index in [4.69, 9.17) is 0 Å². The van der Waals surface area contributed by atoms with E-state index in [1.54, 1.807) is 0 Å². The van der Waals surface area contributed by atoms with Crippen molar-refractivity contribution in [1.29, 1.82) is 0 Å². The van der Waals surface area contributed by atoms with E-state index >= 15 is 0 Å². The number of fused-ring (bicyclic) bond motifs is 9. The molecule has 0 fully saturated rings. The molecule has 0 N–H and O–H groups in total. The molecule has 6 aromatic carbocycles. The van der Waals surface area contributed by atoms with Crippen LogP contribution in [0.2, 0.25) is 0 Å². The minimum absolute atomic E-state index is 0. The van der Waals surface area contributed by atoms with Gasteiger partial charge in [-0.25, -0.2) is 8.42 Å². The fourth-order valence-corrected chi connectivity index (χ4v) is 16.9. The number of hydrogen-bond acceptors (Lipinski definition) is 4. The summed E-state index contributed by atoms with van der Waals surface area (Å²) in [6.45, 7) is 23.9. The summed E-state index contributed by atoms with van der Waals surface area (Å²) in [4.78, 5) is 2.32. The highest BCUT2D eigenvalue weighted by atomic mass is 127. The highest BCUT2D eigenvalue weighted by molar-refractivity contribution is 7.85. The Morgan fingerprint density at radius 2 is 0.765 bits per heavy atom. The zero-order valence-electron chi connectivity index (χ0n) is 62.7. The first kappa shape index (κ1) is 80.2. The van der Waals surface area contributed by atoms with Gasteiger partial charge in [-0.2, -0.15) is 9.15 Å². The van der Waals surface area contributed by atoms with Gasteiger partial charge in [0.1, 0.15) is 13.1 Å². The van der Waals surface area contributed by atoms with Gasteiger partial charge in [-0.3, -0.25) is 0 Å². The zero-order valence-corrected chi connectivity index (χ0v) is 65.6. The van der Waals surface area contributed by atoms with Gasteiger partial charge in [0.05, 0.1) is 20.9 Å². The van der Waals surface area contributed by atoms with Crippen molar-refractivity contribution in [3.8, 4) is 0 Å². The maximum Gasteiger partial charge on any atom is 0.210 e. The van der Waals surface area contributed by atoms with Crippen LogP contribution in [0.1, 0.15) is 297 Å². The number of hydrogen-bond donors (Lipinski definition) is 0. The molecule has 0 aromatic heterocycles. The number of benzene rings is 6. The Morgan fingerprint density at radius 3 is 1.21 bits per heavy atom. The third kappa shape index (κ3) is 22.4. The van der Waals surface area contributed by atoms with Crippen molar-refractivity contribution in [1.82, 2.24) is 0 Å². The van der Waals surface area contributed by atoms with Crippen LogP contribution in [0.5, 0.6) is 0 Å². The van der Waals surface area contributed by atoms with Gasteiger partial charge in [0.15, 0.2) is 11.4 Å². The van der Waals surface area contributed by atoms with E-state index in [0.717, 1.165) is 17.9 Å². The summed E-state index contributed by atoms with van der Waals surface area (Å²) in [6, 6.07) is 39.9. The smallest absolute Gasteiger partial charge is 0.210 e. The summed E-state index contributed by atoms with van der Waals surface area (Å²) in [5.41, 5.74) is 11.9. The monoisotopic (exact) mass is 1460 g/mol. The SMILES string of the molecule is CCCCCCCCCCCCCCCCCC[N+]1=C(C)C(C)(C)c2c1ccc1ccccc21.CCCCCCCCCCCCCCCCCC[N+]1=C(C=CC=CC=CC=C2N(CCCCS(=O)(=O)[O-])c3ccc4ccccc4c3C2(C)C)C(C)(C)c2c1ccc1ccccc21.[I-]. The van der Waals surface area contributed by atoms with Crippen molar-refractivity contribution >= 4 is 70.9 Å². The van der Waals surface area contributed by atoms with Gasteiger partial charge in [-0.15, -0.1) is 0 Å². The van der Waals surface area contributed by atoms with Crippen molar-refractivity contribution in [2.24, 2.45) is 0 Å². The Balaban J connectivity index is 0.000000326. The van der Waals surface area contributed by atoms with E-state index < -0.39 is 10.1 Å². The summed E-state index contributed by atoms with van der Waals surface area (Å²) >= 11 is 0. The van der Waals surface area contributed by atoms with E-state index in [-0.39, 0.29) is 46.0 Å². The van der Waals surface area contributed by atoms with Crippen LogP contribution in [-0.2, 0) is 26.4 Å². The summed E-state index contributed by atoms with van der Waals surface area (Å²) < 4.78 is 39.3. The molecule has 9 rings (SSSR count). The number of halogens is 1. The van der Waals surface area contributed by atoms with Crippen LogP contribution in [-0.4, -0.2) is 58.9 Å². The normalized spacial score (nSPS) is 15.8. The van der Waals surface area contributed by atoms with Crippen LogP contribution in [0.3, 0.4) is 0 Å². The second-order valence-corrected chi connectivity index (χ2v) is 32.1. The average Bonchev–Trinajstić information content (AvgIpc) is 1.59. The Bertz CT molecular complexity index is 3750. The van der Waals surface area contributed by atoms with E-state index in [1.165, 1.54) is 284 Å². The number of anilines is 1. The predicted molar refractivity (Wildman–Crippen MR) is 422 cm³/mol. The Labute approximate surface area is 613 Å². The van der Waals surface area contributed by atoms with Gasteiger partial charge in [-0.1, -0.05) is 317 Å². The third-order valence-electron chi connectivity index (χ3n) is 22.1. The molecule has 0 saturated heterocycles.